The summed E-state index contributed by atoms with van der Waals surface area (Å²) in [6.07, 6.45) is 2.43. The lowest BCUT2D eigenvalue weighted by Crippen LogP contribution is -2.38. The molecule has 0 aliphatic rings. The fraction of sp³-hybridized carbons (Fsp3) is 0.294. The smallest absolute Gasteiger partial charge is 0.251 e. The summed E-state index contributed by atoms with van der Waals surface area (Å²) in [6, 6.07) is 11.1. The van der Waals surface area contributed by atoms with Gasteiger partial charge in [-0.25, -0.2) is 0 Å². The fourth-order valence-corrected chi connectivity index (χ4v) is 2.43. The summed E-state index contributed by atoms with van der Waals surface area (Å²) in [5.41, 5.74) is 0.647. The van der Waals surface area contributed by atoms with Crippen molar-refractivity contribution >= 4 is 27.8 Å². The lowest BCUT2D eigenvalue weighted by atomic mass is 10.2. The van der Waals surface area contributed by atoms with E-state index in [9.17, 15) is 4.79 Å². The number of hydrogen-bond donors (Lipinski definition) is 3. The van der Waals surface area contributed by atoms with Crippen molar-refractivity contribution in [2.24, 2.45) is 4.99 Å². The van der Waals surface area contributed by atoms with Gasteiger partial charge in [-0.1, -0.05) is 22.0 Å². The normalized spacial score (nSPS) is 11.2. The first-order valence-corrected chi connectivity index (χ1v) is 8.49. The summed E-state index contributed by atoms with van der Waals surface area (Å²) in [6.45, 7) is 1.87. The zero-order valence-corrected chi connectivity index (χ0v) is 15.1. The zero-order chi connectivity index (χ0) is 17.2. The number of benzene rings is 1. The standard InChI is InChI=1S/C17H21BrN4O2/c1-19-17(22-12-15-7-3-10-24-15)21-9-4-8-20-16(23)13-5-2-6-14(18)11-13/h2-3,5-7,10-11H,4,8-9,12H2,1H3,(H,20,23)(H2,19,21,22). The van der Waals surface area contributed by atoms with E-state index in [1.807, 2.05) is 24.3 Å². The molecule has 128 valence electrons. The molecule has 3 N–H and O–H groups in total. The van der Waals surface area contributed by atoms with Crippen LogP contribution in [0.15, 0.2) is 56.5 Å². The van der Waals surface area contributed by atoms with E-state index in [1.54, 1.807) is 25.4 Å². The molecular formula is C17H21BrN4O2. The minimum Gasteiger partial charge on any atom is -0.467 e. The molecule has 0 unspecified atom stereocenters. The van der Waals surface area contributed by atoms with Crippen molar-refractivity contribution in [1.29, 1.82) is 0 Å². The first kappa shape index (κ1) is 18.1. The largest absolute Gasteiger partial charge is 0.467 e. The van der Waals surface area contributed by atoms with Crippen molar-refractivity contribution in [3.8, 4) is 0 Å². The molecule has 24 heavy (non-hydrogen) atoms. The van der Waals surface area contributed by atoms with E-state index in [0.29, 0.717) is 31.2 Å². The van der Waals surface area contributed by atoms with E-state index in [4.69, 9.17) is 4.42 Å². The Hall–Kier alpha value is -2.28. The van der Waals surface area contributed by atoms with Crippen LogP contribution < -0.4 is 16.0 Å². The van der Waals surface area contributed by atoms with Gasteiger partial charge in [-0.05, 0) is 36.8 Å². The van der Waals surface area contributed by atoms with E-state index in [2.05, 4.69) is 36.9 Å². The zero-order valence-electron chi connectivity index (χ0n) is 13.5. The van der Waals surface area contributed by atoms with E-state index in [0.717, 1.165) is 16.7 Å². The van der Waals surface area contributed by atoms with Crippen molar-refractivity contribution in [2.75, 3.05) is 20.1 Å². The predicted octanol–water partition coefficient (Wildman–Crippen LogP) is 2.53. The minimum atomic E-state index is -0.0726. The van der Waals surface area contributed by atoms with Crippen molar-refractivity contribution in [3.05, 3.63) is 58.5 Å². The third-order valence-corrected chi connectivity index (χ3v) is 3.75. The van der Waals surface area contributed by atoms with Crippen LogP contribution >= 0.6 is 15.9 Å². The number of halogens is 1. The molecule has 7 heteroatoms. The minimum absolute atomic E-state index is 0.0726. The van der Waals surface area contributed by atoms with Crippen LogP contribution in [0.5, 0.6) is 0 Å². The van der Waals surface area contributed by atoms with Crippen LogP contribution in [0.3, 0.4) is 0 Å². The summed E-state index contributed by atoms with van der Waals surface area (Å²) < 4.78 is 6.14. The highest BCUT2D eigenvalue weighted by atomic mass is 79.9. The molecule has 1 amide bonds. The van der Waals surface area contributed by atoms with Gasteiger partial charge in [-0.15, -0.1) is 0 Å². The average Bonchev–Trinajstić information content (AvgIpc) is 3.10. The van der Waals surface area contributed by atoms with E-state index in [-0.39, 0.29) is 5.91 Å². The molecule has 0 fully saturated rings. The van der Waals surface area contributed by atoms with Crippen LogP contribution in [-0.4, -0.2) is 32.0 Å². The molecule has 0 atom stereocenters. The summed E-state index contributed by atoms with van der Waals surface area (Å²) >= 11 is 3.36. The quantitative estimate of drug-likeness (QED) is 0.384. The summed E-state index contributed by atoms with van der Waals surface area (Å²) in [5, 5.41) is 9.25. The lowest BCUT2D eigenvalue weighted by Gasteiger charge is -2.11. The number of carbonyl (C=O) groups is 1. The molecule has 2 aromatic rings. The van der Waals surface area contributed by atoms with Gasteiger partial charge >= 0.3 is 0 Å². The van der Waals surface area contributed by atoms with Crippen LogP contribution in [-0.2, 0) is 6.54 Å². The highest BCUT2D eigenvalue weighted by Crippen LogP contribution is 2.11. The van der Waals surface area contributed by atoms with Crippen molar-refractivity contribution in [1.82, 2.24) is 16.0 Å². The van der Waals surface area contributed by atoms with Gasteiger partial charge in [0.15, 0.2) is 5.96 Å². The molecule has 0 saturated carbocycles. The monoisotopic (exact) mass is 392 g/mol. The van der Waals surface area contributed by atoms with Gasteiger partial charge in [0.1, 0.15) is 5.76 Å². The molecule has 1 heterocycles. The fourth-order valence-electron chi connectivity index (χ4n) is 2.03. The first-order chi connectivity index (χ1) is 11.7. The maximum absolute atomic E-state index is 12.0. The van der Waals surface area contributed by atoms with Crippen LogP contribution in [0.2, 0.25) is 0 Å². The molecule has 6 nitrogen and oxygen atoms in total. The van der Waals surface area contributed by atoms with Gasteiger partial charge in [0, 0.05) is 30.2 Å². The molecule has 1 aromatic carbocycles. The summed E-state index contributed by atoms with van der Waals surface area (Å²) in [5.74, 6) is 1.47. The number of aliphatic imine (C=N–C) groups is 1. The summed E-state index contributed by atoms with van der Waals surface area (Å²) in [7, 11) is 1.71. The van der Waals surface area contributed by atoms with Gasteiger partial charge in [-0.2, -0.15) is 0 Å². The van der Waals surface area contributed by atoms with Crippen LogP contribution in [0.25, 0.3) is 0 Å². The van der Waals surface area contributed by atoms with Crippen molar-refractivity contribution in [3.63, 3.8) is 0 Å². The second-order valence-corrected chi connectivity index (χ2v) is 5.97. The molecule has 2 rings (SSSR count). The molecule has 0 saturated heterocycles. The second kappa shape index (κ2) is 9.77. The van der Waals surface area contributed by atoms with Gasteiger partial charge in [0.05, 0.1) is 12.8 Å². The highest BCUT2D eigenvalue weighted by Gasteiger charge is 2.05. The Morgan fingerprint density at radius 2 is 2.00 bits per heavy atom. The number of rotatable bonds is 7. The predicted molar refractivity (Wildman–Crippen MR) is 98.0 cm³/mol. The number of hydrogen-bond acceptors (Lipinski definition) is 3. The van der Waals surface area contributed by atoms with E-state index >= 15 is 0 Å². The number of guanidine groups is 1. The Kier molecular flexibility index (Phi) is 7.35. The molecule has 0 aliphatic heterocycles. The number of carbonyl (C=O) groups excluding carboxylic acids is 1. The third-order valence-electron chi connectivity index (χ3n) is 3.25. The van der Waals surface area contributed by atoms with Gasteiger partial charge in [0.2, 0.25) is 0 Å². The highest BCUT2D eigenvalue weighted by molar-refractivity contribution is 9.10. The first-order valence-electron chi connectivity index (χ1n) is 7.69. The molecule has 0 radical (unpaired) electrons. The number of nitrogens with one attached hydrogen (secondary N) is 3. The average molecular weight is 393 g/mol. The molecule has 0 aliphatic carbocycles. The molecule has 1 aromatic heterocycles. The molecule has 0 spiro atoms. The van der Waals surface area contributed by atoms with Crippen LogP contribution in [0, 0.1) is 0 Å². The Morgan fingerprint density at radius 1 is 1.17 bits per heavy atom. The lowest BCUT2D eigenvalue weighted by molar-refractivity contribution is 0.0953. The van der Waals surface area contributed by atoms with E-state index in [1.165, 1.54) is 0 Å². The topological polar surface area (TPSA) is 78.7 Å². The molecular weight excluding hydrogens is 372 g/mol. The van der Waals surface area contributed by atoms with Gasteiger partial charge < -0.3 is 20.4 Å². The number of furan rings is 1. The van der Waals surface area contributed by atoms with Crippen molar-refractivity contribution < 1.29 is 9.21 Å². The second-order valence-electron chi connectivity index (χ2n) is 5.05. The Bertz CT molecular complexity index is 671. The van der Waals surface area contributed by atoms with Gasteiger partial charge in [0.25, 0.3) is 5.91 Å². The Labute approximate surface area is 149 Å². The maximum atomic E-state index is 12.0. The van der Waals surface area contributed by atoms with E-state index < -0.39 is 0 Å². The SMILES string of the molecule is CN=C(NCCCNC(=O)c1cccc(Br)c1)NCc1ccco1. The maximum Gasteiger partial charge on any atom is 0.251 e. The molecule has 0 bridgehead atoms. The van der Waals surface area contributed by atoms with Crippen LogP contribution in [0.1, 0.15) is 22.5 Å². The van der Waals surface area contributed by atoms with Crippen LogP contribution in [0.4, 0.5) is 0 Å². The number of amides is 1. The van der Waals surface area contributed by atoms with Gasteiger partial charge in [-0.3, -0.25) is 9.79 Å². The Balaban J connectivity index is 1.62. The number of nitrogens with zero attached hydrogens (tertiary/aromatic N) is 1. The summed E-state index contributed by atoms with van der Waals surface area (Å²) in [4.78, 5) is 16.1. The van der Waals surface area contributed by atoms with Crippen molar-refractivity contribution in [2.45, 2.75) is 13.0 Å². The third kappa shape index (κ3) is 6.08. The Morgan fingerprint density at radius 3 is 2.71 bits per heavy atom.